The van der Waals surface area contributed by atoms with Crippen molar-refractivity contribution in [1.82, 2.24) is 4.90 Å². The van der Waals surface area contributed by atoms with Crippen LogP contribution in [0.4, 0.5) is 0 Å². The van der Waals surface area contributed by atoms with Crippen molar-refractivity contribution in [3.05, 3.63) is 12.7 Å². The van der Waals surface area contributed by atoms with Crippen LogP contribution in [0.25, 0.3) is 0 Å². The highest BCUT2D eigenvalue weighted by Crippen LogP contribution is 1.97. The van der Waals surface area contributed by atoms with E-state index in [4.69, 9.17) is 5.73 Å². The average molecular weight is 170 g/mol. The Kier molecular flexibility index (Phi) is 5.37. The van der Waals surface area contributed by atoms with Crippen molar-refractivity contribution in [2.24, 2.45) is 5.73 Å². The standard InChI is InChI=1S/C9H18N2O/c1-4-6-8(10)9(12)11(3)7-5-2/h5,8H,2,4,6-7,10H2,1,3H3/t8-/m1/s1. The molecule has 0 saturated carbocycles. The van der Waals surface area contributed by atoms with E-state index in [0.717, 1.165) is 12.8 Å². The Labute approximate surface area is 74.2 Å². The fourth-order valence-corrected chi connectivity index (χ4v) is 1.00. The fourth-order valence-electron chi connectivity index (χ4n) is 1.00. The number of likely N-dealkylation sites (N-methyl/N-ethyl adjacent to an activating group) is 1. The van der Waals surface area contributed by atoms with Gasteiger partial charge in [-0.05, 0) is 6.42 Å². The lowest BCUT2D eigenvalue weighted by molar-refractivity contribution is -0.130. The summed E-state index contributed by atoms with van der Waals surface area (Å²) < 4.78 is 0. The van der Waals surface area contributed by atoms with Gasteiger partial charge in [0, 0.05) is 13.6 Å². The second-order valence-electron chi connectivity index (χ2n) is 2.90. The van der Waals surface area contributed by atoms with E-state index in [0.29, 0.717) is 6.54 Å². The van der Waals surface area contributed by atoms with Crippen LogP contribution in [-0.4, -0.2) is 30.4 Å². The lowest BCUT2D eigenvalue weighted by Crippen LogP contribution is -2.41. The first-order valence-electron chi connectivity index (χ1n) is 4.25. The van der Waals surface area contributed by atoms with Crippen LogP contribution in [0, 0.1) is 0 Å². The predicted octanol–water partition coefficient (Wildman–Crippen LogP) is 0.758. The highest BCUT2D eigenvalue weighted by atomic mass is 16.2. The second kappa shape index (κ2) is 5.77. The molecule has 12 heavy (non-hydrogen) atoms. The van der Waals surface area contributed by atoms with Gasteiger partial charge in [-0.2, -0.15) is 0 Å². The van der Waals surface area contributed by atoms with Crippen molar-refractivity contribution >= 4 is 5.91 Å². The summed E-state index contributed by atoms with van der Waals surface area (Å²) >= 11 is 0. The molecule has 0 rings (SSSR count). The Balaban J connectivity index is 3.90. The number of nitrogens with zero attached hydrogens (tertiary/aromatic N) is 1. The molecule has 0 bridgehead atoms. The smallest absolute Gasteiger partial charge is 0.239 e. The van der Waals surface area contributed by atoms with Crippen LogP contribution >= 0.6 is 0 Å². The van der Waals surface area contributed by atoms with Gasteiger partial charge in [-0.15, -0.1) is 6.58 Å². The summed E-state index contributed by atoms with van der Waals surface area (Å²) in [6.45, 7) is 6.13. The summed E-state index contributed by atoms with van der Waals surface area (Å²) in [6, 6.07) is -0.347. The first-order chi connectivity index (χ1) is 5.63. The number of carbonyl (C=O) groups is 1. The van der Waals surface area contributed by atoms with Gasteiger partial charge in [-0.3, -0.25) is 4.79 Å². The Morgan fingerprint density at radius 2 is 2.33 bits per heavy atom. The highest BCUT2D eigenvalue weighted by Gasteiger charge is 2.15. The Morgan fingerprint density at radius 3 is 2.75 bits per heavy atom. The maximum absolute atomic E-state index is 11.4. The van der Waals surface area contributed by atoms with Crippen LogP contribution in [0.15, 0.2) is 12.7 Å². The number of carbonyl (C=O) groups excluding carboxylic acids is 1. The Morgan fingerprint density at radius 1 is 1.75 bits per heavy atom. The first-order valence-corrected chi connectivity index (χ1v) is 4.25. The molecule has 3 nitrogen and oxygen atoms in total. The SMILES string of the molecule is C=CCN(C)C(=O)[C@H](N)CCC. The van der Waals surface area contributed by atoms with E-state index in [9.17, 15) is 4.79 Å². The normalized spacial score (nSPS) is 12.2. The number of hydrogen-bond acceptors (Lipinski definition) is 2. The number of amides is 1. The second-order valence-corrected chi connectivity index (χ2v) is 2.90. The van der Waals surface area contributed by atoms with E-state index in [2.05, 4.69) is 6.58 Å². The molecule has 0 unspecified atom stereocenters. The monoisotopic (exact) mass is 170 g/mol. The zero-order valence-electron chi connectivity index (χ0n) is 7.92. The van der Waals surface area contributed by atoms with Crippen LogP contribution in [-0.2, 0) is 4.79 Å². The Bertz CT molecular complexity index is 157. The minimum Gasteiger partial charge on any atom is -0.341 e. The molecular formula is C9H18N2O. The topological polar surface area (TPSA) is 46.3 Å². The van der Waals surface area contributed by atoms with Crippen LogP contribution in [0.2, 0.25) is 0 Å². The fraction of sp³-hybridized carbons (Fsp3) is 0.667. The van der Waals surface area contributed by atoms with Crippen molar-refractivity contribution in [1.29, 1.82) is 0 Å². The van der Waals surface area contributed by atoms with Crippen molar-refractivity contribution in [3.8, 4) is 0 Å². The molecule has 70 valence electrons. The van der Waals surface area contributed by atoms with E-state index >= 15 is 0 Å². The van der Waals surface area contributed by atoms with Gasteiger partial charge in [0.15, 0.2) is 0 Å². The molecular weight excluding hydrogens is 152 g/mol. The molecule has 0 aliphatic carbocycles. The molecule has 0 heterocycles. The lowest BCUT2D eigenvalue weighted by Gasteiger charge is -2.19. The molecule has 0 aliphatic heterocycles. The zero-order valence-corrected chi connectivity index (χ0v) is 7.92. The Hall–Kier alpha value is -0.830. The van der Waals surface area contributed by atoms with E-state index in [-0.39, 0.29) is 11.9 Å². The minimum absolute atomic E-state index is 0.00301. The summed E-state index contributed by atoms with van der Waals surface area (Å²) in [7, 11) is 1.74. The molecule has 1 atom stereocenters. The molecule has 0 aromatic rings. The molecule has 0 fully saturated rings. The molecule has 0 aromatic heterocycles. The third-order valence-electron chi connectivity index (χ3n) is 1.70. The van der Waals surface area contributed by atoms with E-state index in [1.807, 2.05) is 6.92 Å². The van der Waals surface area contributed by atoms with Crippen molar-refractivity contribution in [2.45, 2.75) is 25.8 Å². The number of nitrogens with two attached hydrogens (primary N) is 1. The largest absolute Gasteiger partial charge is 0.341 e. The maximum Gasteiger partial charge on any atom is 0.239 e. The highest BCUT2D eigenvalue weighted by molar-refractivity contribution is 5.81. The summed E-state index contributed by atoms with van der Waals surface area (Å²) in [6.07, 6.45) is 3.38. The van der Waals surface area contributed by atoms with E-state index in [1.165, 1.54) is 0 Å². The van der Waals surface area contributed by atoms with Crippen LogP contribution in [0.3, 0.4) is 0 Å². The number of rotatable bonds is 5. The van der Waals surface area contributed by atoms with Gasteiger partial charge in [0.05, 0.1) is 6.04 Å². The summed E-state index contributed by atoms with van der Waals surface area (Å²) in [5, 5.41) is 0. The number of hydrogen-bond donors (Lipinski definition) is 1. The van der Waals surface area contributed by atoms with Gasteiger partial charge in [-0.1, -0.05) is 19.4 Å². The molecule has 1 amide bonds. The molecule has 2 N–H and O–H groups in total. The minimum atomic E-state index is -0.347. The van der Waals surface area contributed by atoms with Gasteiger partial charge in [0.25, 0.3) is 0 Å². The lowest BCUT2D eigenvalue weighted by atomic mass is 10.1. The third kappa shape index (κ3) is 3.53. The van der Waals surface area contributed by atoms with Crippen LogP contribution < -0.4 is 5.73 Å². The van der Waals surface area contributed by atoms with Gasteiger partial charge >= 0.3 is 0 Å². The van der Waals surface area contributed by atoms with Gasteiger partial charge in [0.2, 0.25) is 5.91 Å². The van der Waals surface area contributed by atoms with Crippen LogP contribution in [0.1, 0.15) is 19.8 Å². The van der Waals surface area contributed by atoms with E-state index in [1.54, 1.807) is 18.0 Å². The zero-order chi connectivity index (χ0) is 9.56. The van der Waals surface area contributed by atoms with Gasteiger partial charge in [0.1, 0.15) is 0 Å². The maximum atomic E-state index is 11.4. The van der Waals surface area contributed by atoms with Crippen molar-refractivity contribution < 1.29 is 4.79 Å². The quantitative estimate of drug-likeness (QED) is 0.619. The average Bonchev–Trinajstić information content (AvgIpc) is 2.04. The van der Waals surface area contributed by atoms with Crippen molar-refractivity contribution in [3.63, 3.8) is 0 Å². The molecule has 0 aromatic carbocycles. The third-order valence-corrected chi connectivity index (χ3v) is 1.70. The molecule has 0 radical (unpaired) electrons. The molecule has 0 saturated heterocycles. The van der Waals surface area contributed by atoms with E-state index < -0.39 is 0 Å². The molecule has 0 aliphatic rings. The predicted molar refractivity (Wildman–Crippen MR) is 50.7 cm³/mol. The summed E-state index contributed by atoms with van der Waals surface area (Å²) in [4.78, 5) is 13.0. The van der Waals surface area contributed by atoms with Gasteiger partial charge in [-0.25, -0.2) is 0 Å². The summed E-state index contributed by atoms with van der Waals surface area (Å²) in [5.74, 6) is -0.00301. The summed E-state index contributed by atoms with van der Waals surface area (Å²) in [5.41, 5.74) is 5.63. The molecule has 0 spiro atoms. The first kappa shape index (κ1) is 11.2. The van der Waals surface area contributed by atoms with Crippen molar-refractivity contribution in [2.75, 3.05) is 13.6 Å². The van der Waals surface area contributed by atoms with Gasteiger partial charge < -0.3 is 10.6 Å². The van der Waals surface area contributed by atoms with Crippen LogP contribution in [0.5, 0.6) is 0 Å². The molecule has 3 heteroatoms.